The summed E-state index contributed by atoms with van der Waals surface area (Å²) in [5, 5.41) is 11.2. The van der Waals surface area contributed by atoms with Crippen molar-refractivity contribution in [3.63, 3.8) is 0 Å². The first kappa shape index (κ1) is 13.1. The molecule has 1 N–H and O–H groups in total. The smallest absolute Gasteiger partial charge is 0.0927 e. The van der Waals surface area contributed by atoms with E-state index in [1.807, 2.05) is 13.8 Å². The molecule has 2 bridgehead atoms. The Morgan fingerprint density at radius 2 is 1.68 bits per heavy atom. The molecular weight excluding hydrogens is 236 g/mol. The van der Waals surface area contributed by atoms with Crippen LogP contribution in [-0.4, -0.2) is 34.1 Å². The number of nitrogens with zero attached hydrogens (tertiary/aromatic N) is 2. The Balaban J connectivity index is 1.95. The van der Waals surface area contributed by atoms with Gasteiger partial charge in [-0.1, -0.05) is 6.42 Å². The van der Waals surface area contributed by atoms with Crippen LogP contribution in [-0.2, 0) is 5.60 Å². The maximum atomic E-state index is 11.2. The Morgan fingerprint density at radius 1 is 1.16 bits per heavy atom. The predicted octanol–water partition coefficient (Wildman–Crippen LogP) is 2.53. The first-order valence-electron chi connectivity index (χ1n) is 7.38. The molecule has 19 heavy (non-hydrogen) atoms. The van der Waals surface area contributed by atoms with E-state index in [9.17, 15) is 5.11 Å². The van der Waals surface area contributed by atoms with E-state index in [4.69, 9.17) is 0 Å². The summed E-state index contributed by atoms with van der Waals surface area (Å²) in [4.78, 5) is 6.91. The van der Waals surface area contributed by atoms with Crippen molar-refractivity contribution in [2.75, 3.05) is 7.05 Å². The van der Waals surface area contributed by atoms with E-state index in [0.29, 0.717) is 12.1 Å². The van der Waals surface area contributed by atoms with E-state index in [1.165, 1.54) is 19.3 Å². The van der Waals surface area contributed by atoms with E-state index in [2.05, 4.69) is 29.1 Å². The predicted molar refractivity (Wildman–Crippen MR) is 76.0 cm³/mol. The maximum absolute atomic E-state index is 11.2. The summed E-state index contributed by atoms with van der Waals surface area (Å²) in [6.45, 7) is 4.02. The molecule has 3 nitrogen and oxygen atoms in total. The molecule has 2 aliphatic rings. The molecule has 2 aliphatic heterocycles. The summed E-state index contributed by atoms with van der Waals surface area (Å²) in [7, 11) is 2.22. The lowest BCUT2D eigenvalue weighted by Gasteiger charge is -2.50. The summed E-state index contributed by atoms with van der Waals surface area (Å²) in [6.07, 6.45) is 5.48. The van der Waals surface area contributed by atoms with Crippen molar-refractivity contribution in [3.05, 3.63) is 29.1 Å². The fourth-order valence-electron chi connectivity index (χ4n) is 3.99. The van der Waals surface area contributed by atoms with Crippen LogP contribution in [0.15, 0.2) is 12.1 Å². The van der Waals surface area contributed by atoms with Crippen molar-refractivity contribution in [1.82, 2.24) is 9.88 Å². The van der Waals surface area contributed by atoms with E-state index < -0.39 is 5.60 Å². The van der Waals surface area contributed by atoms with E-state index in [-0.39, 0.29) is 0 Å². The Hall–Kier alpha value is -0.930. The lowest BCUT2D eigenvalue weighted by atomic mass is 9.73. The fraction of sp³-hybridized carbons (Fsp3) is 0.688. The van der Waals surface area contributed by atoms with Crippen molar-refractivity contribution in [3.8, 4) is 0 Å². The highest BCUT2D eigenvalue weighted by atomic mass is 16.3. The average molecular weight is 260 g/mol. The van der Waals surface area contributed by atoms with Crippen LogP contribution >= 0.6 is 0 Å². The Kier molecular flexibility index (Phi) is 3.14. The van der Waals surface area contributed by atoms with Gasteiger partial charge in [-0.15, -0.1) is 0 Å². The minimum absolute atomic E-state index is 0.534. The Bertz CT molecular complexity index is 451. The van der Waals surface area contributed by atoms with Gasteiger partial charge in [0.05, 0.1) is 5.60 Å². The molecule has 0 radical (unpaired) electrons. The second kappa shape index (κ2) is 4.57. The number of pyridine rings is 1. The van der Waals surface area contributed by atoms with Crippen molar-refractivity contribution >= 4 is 0 Å². The molecule has 2 fully saturated rings. The maximum Gasteiger partial charge on any atom is 0.0927 e. The SMILES string of the molecule is Cc1cc(C2(O)CC3CCCC(C2)N3C)cc(C)n1. The van der Waals surface area contributed by atoms with Crippen molar-refractivity contribution < 1.29 is 5.11 Å². The van der Waals surface area contributed by atoms with Gasteiger partial charge in [-0.05, 0) is 64.3 Å². The molecule has 104 valence electrons. The zero-order valence-electron chi connectivity index (χ0n) is 12.2. The first-order valence-corrected chi connectivity index (χ1v) is 7.38. The summed E-state index contributed by atoms with van der Waals surface area (Å²) in [5.41, 5.74) is 2.43. The minimum Gasteiger partial charge on any atom is -0.385 e. The molecule has 3 heteroatoms. The highest BCUT2D eigenvalue weighted by Gasteiger charge is 2.44. The van der Waals surface area contributed by atoms with Gasteiger partial charge >= 0.3 is 0 Å². The van der Waals surface area contributed by atoms with Crippen LogP contribution in [0.5, 0.6) is 0 Å². The van der Waals surface area contributed by atoms with Crippen molar-refractivity contribution in [2.24, 2.45) is 0 Å². The topological polar surface area (TPSA) is 36.4 Å². The van der Waals surface area contributed by atoms with Gasteiger partial charge in [0.2, 0.25) is 0 Å². The molecule has 1 aromatic rings. The summed E-state index contributed by atoms with van der Waals surface area (Å²) < 4.78 is 0. The zero-order valence-corrected chi connectivity index (χ0v) is 12.2. The quantitative estimate of drug-likeness (QED) is 0.843. The van der Waals surface area contributed by atoms with Gasteiger partial charge in [0.15, 0.2) is 0 Å². The van der Waals surface area contributed by atoms with Gasteiger partial charge in [0, 0.05) is 23.5 Å². The first-order chi connectivity index (χ1) is 8.98. The van der Waals surface area contributed by atoms with Crippen molar-refractivity contribution in [2.45, 2.75) is 63.6 Å². The number of aliphatic hydroxyl groups is 1. The number of rotatable bonds is 1. The number of aromatic nitrogens is 1. The molecule has 0 aromatic carbocycles. The monoisotopic (exact) mass is 260 g/mol. The number of piperidine rings is 2. The van der Waals surface area contributed by atoms with Crippen LogP contribution in [0.3, 0.4) is 0 Å². The third kappa shape index (κ3) is 2.30. The van der Waals surface area contributed by atoms with Crippen LogP contribution in [0.25, 0.3) is 0 Å². The third-order valence-electron chi connectivity index (χ3n) is 4.99. The molecule has 0 saturated carbocycles. The third-order valence-corrected chi connectivity index (χ3v) is 4.99. The Morgan fingerprint density at radius 3 is 2.21 bits per heavy atom. The van der Waals surface area contributed by atoms with Gasteiger partial charge in [-0.2, -0.15) is 0 Å². The van der Waals surface area contributed by atoms with Crippen LogP contribution in [0.2, 0.25) is 0 Å². The van der Waals surface area contributed by atoms with Gasteiger partial charge in [-0.25, -0.2) is 0 Å². The summed E-state index contributed by atoms with van der Waals surface area (Å²) >= 11 is 0. The summed E-state index contributed by atoms with van der Waals surface area (Å²) in [5.74, 6) is 0. The highest BCUT2D eigenvalue weighted by molar-refractivity contribution is 5.28. The molecule has 3 rings (SSSR count). The van der Waals surface area contributed by atoms with Gasteiger partial charge in [-0.3, -0.25) is 4.98 Å². The van der Waals surface area contributed by atoms with Crippen LogP contribution in [0.4, 0.5) is 0 Å². The van der Waals surface area contributed by atoms with E-state index in [0.717, 1.165) is 29.8 Å². The number of aryl methyl sites for hydroxylation is 2. The lowest BCUT2D eigenvalue weighted by Crippen LogP contribution is -2.55. The lowest BCUT2D eigenvalue weighted by molar-refractivity contribution is -0.0875. The van der Waals surface area contributed by atoms with Crippen LogP contribution in [0, 0.1) is 13.8 Å². The second-order valence-electron chi connectivity index (χ2n) is 6.48. The second-order valence-corrected chi connectivity index (χ2v) is 6.48. The van der Waals surface area contributed by atoms with E-state index >= 15 is 0 Å². The highest BCUT2D eigenvalue weighted by Crippen LogP contribution is 2.43. The number of hydrogen-bond donors (Lipinski definition) is 1. The zero-order chi connectivity index (χ0) is 13.6. The molecular formula is C16H24N2O. The Labute approximate surface area is 115 Å². The molecule has 0 amide bonds. The normalized spacial score (nSPS) is 35.4. The largest absolute Gasteiger partial charge is 0.385 e. The summed E-state index contributed by atoms with van der Waals surface area (Å²) in [6, 6.07) is 5.19. The minimum atomic E-state index is -0.652. The van der Waals surface area contributed by atoms with Crippen molar-refractivity contribution in [1.29, 1.82) is 0 Å². The molecule has 0 spiro atoms. The van der Waals surface area contributed by atoms with Gasteiger partial charge < -0.3 is 10.0 Å². The van der Waals surface area contributed by atoms with E-state index in [1.54, 1.807) is 0 Å². The molecule has 3 heterocycles. The molecule has 2 unspecified atom stereocenters. The average Bonchev–Trinajstić information content (AvgIpc) is 2.30. The number of hydrogen-bond acceptors (Lipinski definition) is 3. The van der Waals surface area contributed by atoms with Crippen LogP contribution < -0.4 is 0 Å². The van der Waals surface area contributed by atoms with Gasteiger partial charge in [0.25, 0.3) is 0 Å². The van der Waals surface area contributed by atoms with Crippen LogP contribution in [0.1, 0.15) is 49.1 Å². The molecule has 0 aliphatic carbocycles. The number of fused-ring (bicyclic) bond motifs is 2. The molecule has 2 atom stereocenters. The standard InChI is InChI=1S/C16H24N2O/c1-11-7-13(8-12(2)17-11)16(19)9-14-5-4-6-15(10-16)18(14)3/h7-8,14-15,19H,4-6,9-10H2,1-3H3. The fourth-order valence-corrected chi connectivity index (χ4v) is 3.99. The molecule has 2 saturated heterocycles. The molecule has 1 aromatic heterocycles. The van der Waals surface area contributed by atoms with Gasteiger partial charge in [0.1, 0.15) is 0 Å².